The van der Waals surface area contributed by atoms with Gasteiger partial charge in [-0.2, -0.15) is 0 Å². The average molecular weight is 960 g/mol. The first-order valence-corrected chi connectivity index (χ1v) is 28.7. The lowest BCUT2D eigenvalue weighted by Gasteiger charge is -2.18. The third-order valence-corrected chi connectivity index (χ3v) is 12.0. The molecule has 0 amide bonds. The van der Waals surface area contributed by atoms with E-state index in [1.54, 1.807) is 0 Å². The molecule has 394 valence electrons. The van der Waals surface area contributed by atoms with Crippen LogP contribution in [0.3, 0.4) is 0 Å². The van der Waals surface area contributed by atoms with Crippen molar-refractivity contribution in [2.75, 3.05) is 13.2 Å². The lowest BCUT2D eigenvalue weighted by molar-refractivity contribution is -0.167. The molecule has 0 aliphatic carbocycles. The van der Waals surface area contributed by atoms with Crippen LogP contribution in [-0.4, -0.2) is 37.2 Å². The maximum absolute atomic E-state index is 12.8. The van der Waals surface area contributed by atoms with E-state index < -0.39 is 6.10 Å². The minimum atomic E-state index is -0.812. The lowest BCUT2D eigenvalue weighted by atomic mass is 10.0. The Morgan fingerprint density at radius 3 is 0.986 bits per heavy atom. The monoisotopic (exact) mass is 959 g/mol. The topological polar surface area (TPSA) is 78.9 Å². The van der Waals surface area contributed by atoms with Crippen molar-refractivity contribution in [3.63, 3.8) is 0 Å². The molecule has 0 aromatic rings. The zero-order valence-corrected chi connectivity index (χ0v) is 45.0. The predicted molar refractivity (Wildman–Crippen MR) is 297 cm³/mol. The molecule has 0 rings (SSSR count). The molecular formula is C63H106O6. The molecule has 6 heteroatoms. The fourth-order valence-corrected chi connectivity index (χ4v) is 7.72. The molecule has 0 radical (unpaired) electrons. The Bertz CT molecular complexity index is 1380. The van der Waals surface area contributed by atoms with E-state index in [0.29, 0.717) is 19.3 Å². The summed E-state index contributed by atoms with van der Waals surface area (Å²) in [5.41, 5.74) is 0. The highest BCUT2D eigenvalue weighted by molar-refractivity contribution is 5.71. The summed E-state index contributed by atoms with van der Waals surface area (Å²) in [4.78, 5) is 38.1. The number of carbonyl (C=O) groups excluding carboxylic acids is 3. The first-order chi connectivity index (χ1) is 34.0. The summed E-state index contributed by atoms with van der Waals surface area (Å²) < 4.78 is 16.8. The van der Waals surface area contributed by atoms with Crippen LogP contribution < -0.4 is 0 Å². The second-order valence-corrected chi connectivity index (χ2v) is 18.8. The predicted octanol–water partition coefficient (Wildman–Crippen LogP) is 19.3. The molecule has 0 spiro atoms. The van der Waals surface area contributed by atoms with Crippen LogP contribution in [0.25, 0.3) is 0 Å². The van der Waals surface area contributed by atoms with Crippen molar-refractivity contribution in [1.29, 1.82) is 0 Å². The van der Waals surface area contributed by atoms with Crippen LogP contribution in [0.2, 0.25) is 0 Å². The van der Waals surface area contributed by atoms with Crippen LogP contribution >= 0.6 is 0 Å². The molecule has 0 saturated heterocycles. The first-order valence-electron chi connectivity index (χ1n) is 28.7. The van der Waals surface area contributed by atoms with Gasteiger partial charge in [0.15, 0.2) is 6.10 Å². The van der Waals surface area contributed by atoms with E-state index in [9.17, 15) is 14.4 Å². The Labute approximate surface area is 426 Å². The average Bonchev–Trinajstić information content (AvgIpc) is 3.35. The Kier molecular flexibility index (Phi) is 53.9. The molecule has 1 unspecified atom stereocenters. The second kappa shape index (κ2) is 56.9. The highest BCUT2D eigenvalue weighted by Gasteiger charge is 2.19. The normalized spacial score (nSPS) is 12.8. The van der Waals surface area contributed by atoms with Gasteiger partial charge in [-0.3, -0.25) is 14.4 Å². The van der Waals surface area contributed by atoms with Gasteiger partial charge in [-0.15, -0.1) is 0 Å². The molecule has 0 N–H and O–H groups in total. The smallest absolute Gasteiger partial charge is 0.306 e. The number of unbranched alkanes of at least 4 members (excludes halogenated alkanes) is 24. The van der Waals surface area contributed by atoms with Gasteiger partial charge < -0.3 is 14.2 Å². The van der Waals surface area contributed by atoms with E-state index >= 15 is 0 Å². The summed E-state index contributed by atoms with van der Waals surface area (Å²) in [6.07, 6.45) is 75.5. The van der Waals surface area contributed by atoms with Crippen molar-refractivity contribution in [2.24, 2.45) is 0 Å². The Morgan fingerprint density at radius 1 is 0.304 bits per heavy atom. The third kappa shape index (κ3) is 55.1. The Morgan fingerprint density at radius 2 is 0.594 bits per heavy atom. The van der Waals surface area contributed by atoms with Gasteiger partial charge in [-0.1, -0.05) is 234 Å². The fourth-order valence-electron chi connectivity index (χ4n) is 7.72. The molecule has 0 bridgehead atoms. The minimum absolute atomic E-state index is 0.104. The lowest BCUT2D eigenvalue weighted by Crippen LogP contribution is -2.30. The fraction of sp³-hybridized carbons (Fsp3) is 0.698. The van der Waals surface area contributed by atoms with E-state index in [4.69, 9.17) is 14.2 Å². The number of ether oxygens (including phenoxy) is 3. The van der Waals surface area contributed by atoms with Crippen molar-refractivity contribution in [1.82, 2.24) is 0 Å². The van der Waals surface area contributed by atoms with Crippen LogP contribution in [-0.2, 0) is 28.6 Å². The molecule has 0 aromatic heterocycles. The van der Waals surface area contributed by atoms with Crippen molar-refractivity contribution >= 4 is 17.9 Å². The largest absolute Gasteiger partial charge is 0.462 e. The quantitative estimate of drug-likeness (QED) is 0.0262. The van der Waals surface area contributed by atoms with E-state index in [-0.39, 0.29) is 37.5 Å². The summed E-state index contributed by atoms with van der Waals surface area (Å²) >= 11 is 0. The zero-order chi connectivity index (χ0) is 50.0. The molecule has 1 atom stereocenters. The van der Waals surface area contributed by atoms with Crippen LogP contribution in [0, 0.1) is 0 Å². The highest BCUT2D eigenvalue weighted by Crippen LogP contribution is 2.15. The van der Waals surface area contributed by atoms with E-state index in [1.165, 1.54) is 122 Å². The highest BCUT2D eigenvalue weighted by atomic mass is 16.6. The van der Waals surface area contributed by atoms with Crippen LogP contribution in [0.4, 0.5) is 0 Å². The van der Waals surface area contributed by atoms with E-state index in [2.05, 4.69) is 118 Å². The Hall–Kier alpha value is -3.67. The minimum Gasteiger partial charge on any atom is -0.462 e. The van der Waals surface area contributed by atoms with Gasteiger partial charge in [0.2, 0.25) is 0 Å². The Balaban J connectivity index is 4.38. The summed E-state index contributed by atoms with van der Waals surface area (Å²) in [5, 5.41) is 0. The van der Waals surface area contributed by atoms with Gasteiger partial charge in [0.05, 0.1) is 0 Å². The third-order valence-electron chi connectivity index (χ3n) is 12.0. The van der Waals surface area contributed by atoms with Gasteiger partial charge in [0, 0.05) is 19.3 Å². The maximum Gasteiger partial charge on any atom is 0.306 e. The second-order valence-electron chi connectivity index (χ2n) is 18.8. The van der Waals surface area contributed by atoms with Crippen LogP contribution in [0.5, 0.6) is 0 Å². The number of esters is 3. The van der Waals surface area contributed by atoms with Crippen molar-refractivity contribution in [3.8, 4) is 0 Å². The van der Waals surface area contributed by atoms with Gasteiger partial charge in [0.25, 0.3) is 0 Å². The summed E-state index contributed by atoms with van der Waals surface area (Å²) in [6.45, 7) is 6.43. The number of hydrogen-bond acceptors (Lipinski definition) is 6. The molecule has 0 heterocycles. The van der Waals surface area contributed by atoms with Gasteiger partial charge in [0.1, 0.15) is 13.2 Å². The summed E-state index contributed by atoms with van der Waals surface area (Å²) in [6, 6.07) is 0. The molecule has 69 heavy (non-hydrogen) atoms. The van der Waals surface area contributed by atoms with Crippen molar-refractivity contribution in [3.05, 3.63) is 97.2 Å². The SMILES string of the molecule is CC/C=C\C/C=C\C/C=C\C/C=C\C/C=C\CCCC(=O)OC(COC(=O)CCCCCCC/C=C\CCCC)COC(=O)CCCCCCCCCCCCC/C=C\C/C=C\CCCCCCC. The zero-order valence-electron chi connectivity index (χ0n) is 45.0. The number of carbonyl (C=O) groups is 3. The van der Waals surface area contributed by atoms with Gasteiger partial charge >= 0.3 is 17.9 Å². The molecule has 6 nitrogen and oxygen atoms in total. The molecule has 0 aliphatic rings. The molecule has 0 fully saturated rings. The van der Waals surface area contributed by atoms with E-state index in [0.717, 1.165) is 96.3 Å². The van der Waals surface area contributed by atoms with Crippen molar-refractivity contribution in [2.45, 2.75) is 271 Å². The van der Waals surface area contributed by atoms with Crippen LogP contribution in [0.15, 0.2) is 97.2 Å². The maximum atomic E-state index is 12.8. The number of rotatable bonds is 51. The number of hydrogen-bond donors (Lipinski definition) is 0. The first kappa shape index (κ1) is 65.3. The molecule has 0 saturated carbocycles. The molecular weight excluding hydrogens is 853 g/mol. The van der Waals surface area contributed by atoms with E-state index in [1.807, 2.05) is 0 Å². The van der Waals surface area contributed by atoms with Crippen LogP contribution in [0.1, 0.15) is 265 Å². The number of allylic oxidation sites excluding steroid dienone is 16. The summed E-state index contributed by atoms with van der Waals surface area (Å²) in [5.74, 6) is -0.974. The van der Waals surface area contributed by atoms with Gasteiger partial charge in [-0.05, 0) is 109 Å². The molecule has 0 aromatic carbocycles. The molecule has 0 aliphatic heterocycles. The van der Waals surface area contributed by atoms with Gasteiger partial charge in [-0.25, -0.2) is 0 Å². The standard InChI is InChI=1S/C63H106O6/c1-4-7-10-13-16-19-22-24-26-28-29-30-31-32-33-35-36-38-41-44-47-50-53-56-62(65)68-59-60(58-67-61(64)55-52-49-46-43-40-21-18-15-12-9-6-3)69-63(66)57-54-51-48-45-42-39-37-34-27-25-23-20-17-14-11-8-5-2/h8,11,15,17-18,20,22,24-25,27-29,37,39,45,48,60H,4-7,9-10,12-14,16,19,21,23,26,30-36,38,40-44,46-47,49-59H2,1-3H3/b11-8-,18-15-,20-17-,24-22-,27-25-,29-28-,39-37-,48-45-. The van der Waals surface area contributed by atoms with Crippen molar-refractivity contribution < 1.29 is 28.6 Å². The summed E-state index contributed by atoms with van der Waals surface area (Å²) in [7, 11) is 0.